The van der Waals surface area contributed by atoms with Crippen LogP contribution >= 0.6 is 27.5 Å². The van der Waals surface area contributed by atoms with Gasteiger partial charge in [0.2, 0.25) is 0 Å². The van der Waals surface area contributed by atoms with Crippen molar-refractivity contribution in [2.45, 2.75) is 5.38 Å². The number of rotatable bonds is 2. The van der Waals surface area contributed by atoms with Crippen LogP contribution in [0, 0.1) is 5.82 Å². The Kier molecular flexibility index (Phi) is 3.77. The van der Waals surface area contributed by atoms with Gasteiger partial charge in [0.15, 0.2) is 0 Å². The minimum absolute atomic E-state index is 0.291. The van der Waals surface area contributed by atoms with Gasteiger partial charge in [0.1, 0.15) is 5.82 Å². The highest BCUT2D eigenvalue weighted by Crippen LogP contribution is 2.36. The lowest BCUT2D eigenvalue weighted by atomic mass is 9.98. The minimum Gasteiger partial charge on any atom is -0.207 e. The van der Waals surface area contributed by atoms with Gasteiger partial charge in [-0.2, -0.15) is 0 Å². The third-order valence-electron chi connectivity index (χ3n) is 3.33. The topological polar surface area (TPSA) is 0 Å². The monoisotopic (exact) mass is 348 g/mol. The van der Waals surface area contributed by atoms with Crippen LogP contribution in [0.25, 0.3) is 10.8 Å². The SMILES string of the molecule is Fc1ccc(Br)cc1C(Cl)c1cccc2ccccc12. The van der Waals surface area contributed by atoms with Gasteiger partial charge in [0.25, 0.3) is 0 Å². The van der Waals surface area contributed by atoms with E-state index in [0.717, 1.165) is 20.8 Å². The lowest BCUT2D eigenvalue weighted by Gasteiger charge is -2.14. The molecule has 20 heavy (non-hydrogen) atoms. The Morgan fingerprint density at radius 1 is 0.900 bits per heavy atom. The molecule has 0 fully saturated rings. The third kappa shape index (κ3) is 2.46. The van der Waals surface area contributed by atoms with Gasteiger partial charge in [-0.25, -0.2) is 4.39 Å². The van der Waals surface area contributed by atoms with Crippen molar-refractivity contribution in [3.63, 3.8) is 0 Å². The summed E-state index contributed by atoms with van der Waals surface area (Å²) in [6.07, 6.45) is 0. The maximum atomic E-state index is 14.0. The summed E-state index contributed by atoms with van der Waals surface area (Å²) in [7, 11) is 0. The lowest BCUT2D eigenvalue weighted by molar-refractivity contribution is 0.612. The number of benzene rings is 3. The maximum absolute atomic E-state index is 14.0. The molecule has 0 aliphatic rings. The van der Waals surface area contributed by atoms with E-state index in [9.17, 15) is 4.39 Å². The standard InChI is InChI=1S/C17H11BrClF/c18-12-8-9-16(20)15(10-12)17(19)14-7-3-5-11-4-1-2-6-13(11)14/h1-10,17H. The zero-order chi connectivity index (χ0) is 14.1. The summed E-state index contributed by atoms with van der Waals surface area (Å²) >= 11 is 9.89. The normalized spacial score (nSPS) is 12.6. The van der Waals surface area contributed by atoms with Gasteiger partial charge in [0, 0.05) is 10.0 Å². The van der Waals surface area contributed by atoms with Crippen molar-refractivity contribution in [2.24, 2.45) is 0 Å². The summed E-state index contributed by atoms with van der Waals surface area (Å²) in [5.41, 5.74) is 1.40. The molecule has 0 aliphatic carbocycles. The van der Waals surface area contributed by atoms with Gasteiger partial charge in [0.05, 0.1) is 5.38 Å². The van der Waals surface area contributed by atoms with E-state index in [4.69, 9.17) is 11.6 Å². The Morgan fingerprint density at radius 2 is 1.65 bits per heavy atom. The molecule has 3 aromatic rings. The van der Waals surface area contributed by atoms with Crippen LogP contribution < -0.4 is 0 Å². The molecule has 0 amide bonds. The Balaban J connectivity index is 2.17. The van der Waals surface area contributed by atoms with Crippen LogP contribution in [0.5, 0.6) is 0 Å². The van der Waals surface area contributed by atoms with Crippen molar-refractivity contribution in [3.05, 3.63) is 82.1 Å². The Hall–Kier alpha value is -1.38. The van der Waals surface area contributed by atoms with Crippen LogP contribution in [-0.2, 0) is 0 Å². The van der Waals surface area contributed by atoms with Crippen LogP contribution in [0.4, 0.5) is 4.39 Å². The van der Waals surface area contributed by atoms with Crippen LogP contribution in [0.1, 0.15) is 16.5 Å². The zero-order valence-corrected chi connectivity index (χ0v) is 12.8. The molecular formula is C17H11BrClF. The Labute approximate surface area is 130 Å². The zero-order valence-electron chi connectivity index (χ0n) is 10.5. The molecule has 0 spiro atoms. The number of hydrogen-bond donors (Lipinski definition) is 0. The van der Waals surface area contributed by atoms with E-state index >= 15 is 0 Å². The smallest absolute Gasteiger partial charge is 0.128 e. The molecule has 0 aromatic heterocycles. The summed E-state index contributed by atoms with van der Waals surface area (Å²) in [6.45, 7) is 0. The fourth-order valence-electron chi connectivity index (χ4n) is 2.35. The summed E-state index contributed by atoms with van der Waals surface area (Å²) in [5.74, 6) is -0.291. The van der Waals surface area contributed by atoms with E-state index in [-0.39, 0.29) is 5.82 Å². The van der Waals surface area contributed by atoms with Crippen molar-refractivity contribution in [3.8, 4) is 0 Å². The van der Waals surface area contributed by atoms with E-state index in [2.05, 4.69) is 15.9 Å². The van der Waals surface area contributed by atoms with Crippen molar-refractivity contribution in [1.82, 2.24) is 0 Å². The Bertz CT molecular complexity index is 765. The molecular weight excluding hydrogens is 339 g/mol. The number of fused-ring (bicyclic) bond motifs is 1. The molecule has 0 nitrogen and oxygen atoms in total. The highest BCUT2D eigenvalue weighted by atomic mass is 79.9. The highest BCUT2D eigenvalue weighted by Gasteiger charge is 2.17. The van der Waals surface area contributed by atoms with E-state index in [1.54, 1.807) is 12.1 Å². The average molecular weight is 350 g/mol. The number of hydrogen-bond acceptors (Lipinski definition) is 0. The van der Waals surface area contributed by atoms with Crippen LogP contribution in [0.15, 0.2) is 65.1 Å². The number of halogens is 3. The summed E-state index contributed by atoms with van der Waals surface area (Å²) < 4.78 is 14.8. The van der Waals surface area contributed by atoms with Gasteiger partial charge < -0.3 is 0 Å². The largest absolute Gasteiger partial charge is 0.207 e. The second-order valence-corrected chi connectivity index (χ2v) is 5.95. The quantitative estimate of drug-likeness (QED) is 0.493. The predicted molar refractivity (Wildman–Crippen MR) is 85.7 cm³/mol. The molecule has 3 aromatic carbocycles. The molecule has 1 atom stereocenters. The van der Waals surface area contributed by atoms with Gasteiger partial charge in [-0.05, 0) is 34.5 Å². The first-order chi connectivity index (χ1) is 9.66. The van der Waals surface area contributed by atoms with Gasteiger partial charge in [-0.15, -0.1) is 11.6 Å². The molecule has 3 rings (SSSR count). The predicted octanol–water partition coefficient (Wildman–Crippen LogP) is 6.07. The van der Waals surface area contributed by atoms with Crippen LogP contribution in [-0.4, -0.2) is 0 Å². The van der Waals surface area contributed by atoms with Gasteiger partial charge >= 0.3 is 0 Å². The van der Waals surface area contributed by atoms with Crippen molar-refractivity contribution >= 4 is 38.3 Å². The Morgan fingerprint density at radius 3 is 2.50 bits per heavy atom. The average Bonchev–Trinajstić information content (AvgIpc) is 2.48. The lowest BCUT2D eigenvalue weighted by Crippen LogP contribution is -1.98. The second kappa shape index (κ2) is 5.55. The van der Waals surface area contributed by atoms with Crippen molar-refractivity contribution in [1.29, 1.82) is 0 Å². The van der Waals surface area contributed by atoms with Gasteiger partial charge in [-0.1, -0.05) is 58.4 Å². The van der Waals surface area contributed by atoms with Crippen LogP contribution in [0.2, 0.25) is 0 Å². The molecule has 0 radical (unpaired) electrons. The van der Waals surface area contributed by atoms with Gasteiger partial charge in [-0.3, -0.25) is 0 Å². The summed E-state index contributed by atoms with van der Waals surface area (Å²) in [5, 5.41) is 1.64. The number of alkyl halides is 1. The molecule has 3 heteroatoms. The summed E-state index contributed by atoms with van der Waals surface area (Å²) in [6, 6.07) is 18.7. The molecule has 0 aliphatic heterocycles. The molecule has 0 saturated heterocycles. The van der Waals surface area contributed by atoms with E-state index in [0.29, 0.717) is 5.56 Å². The fourth-order valence-corrected chi connectivity index (χ4v) is 3.08. The van der Waals surface area contributed by atoms with Crippen molar-refractivity contribution in [2.75, 3.05) is 0 Å². The first kappa shape index (κ1) is 13.6. The first-order valence-electron chi connectivity index (χ1n) is 6.23. The molecule has 0 N–H and O–H groups in total. The van der Waals surface area contributed by atoms with Crippen LogP contribution in [0.3, 0.4) is 0 Å². The third-order valence-corrected chi connectivity index (χ3v) is 4.29. The minimum atomic E-state index is -0.515. The molecule has 0 bridgehead atoms. The molecule has 0 saturated carbocycles. The second-order valence-electron chi connectivity index (χ2n) is 4.60. The van der Waals surface area contributed by atoms with E-state index in [1.165, 1.54) is 6.07 Å². The molecule has 0 heterocycles. The van der Waals surface area contributed by atoms with Crippen molar-refractivity contribution < 1.29 is 4.39 Å². The molecule has 100 valence electrons. The fraction of sp³-hybridized carbons (Fsp3) is 0.0588. The van der Waals surface area contributed by atoms with E-state index in [1.807, 2.05) is 42.5 Å². The first-order valence-corrected chi connectivity index (χ1v) is 7.46. The molecule has 1 unspecified atom stereocenters. The summed E-state index contributed by atoms with van der Waals surface area (Å²) in [4.78, 5) is 0. The highest BCUT2D eigenvalue weighted by molar-refractivity contribution is 9.10. The maximum Gasteiger partial charge on any atom is 0.128 e. The van der Waals surface area contributed by atoms with E-state index < -0.39 is 5.38 Å².